The Morgan fingerprint density at radius 1 is 0.712 bits per heavy atom. The quantitative estimate of drug-likeness (QED) is 0.0583. The van der Waals surface area contributed by atoms with Crippen LogP contribution in [0.5, 0.6) is 17.2 Å². The third-order valence-corrected chi connectivity index (χ3v) is 10.4. The molecule has 5 N–H and O–H groups in total. The van der Waals surface area contributed by atoms with E-state index >= 15 is 0 Å². The van der Waals surface area contributed by atoms with E-state index in [1.165, 1.54) is 56.7 Å². The normalized spacial score (nSPS) is 12.3. The third-order valence-electron chi connectivity index (χ3n) is 7.58. The van der Waals surface area contributed by atoms with Gasteiger partial charge in [-0.15, -0.1) is 15.3 Å². The molecule has 0 saturated heterocycles. The van der Waals surface area contributed by atoms with Crippen LogP contribution < -0.4 is 14.8 Å². The van der Waals surface area contributed by atoms with Crippen LogP contribution in [0.25, 0.3) is 10.8 Å². The summed E-state index contributed by atoms with van der Waals surface area (Å²) >= 11 is 0. The summed E-state index contributed by atoms with van der Waals surface area (Å²) in [6.45, 7) is -1.19. The molecule has 0 aliphatic rings. The van der Waals surface area contributed by atoms with Crippen LogP contribution >= 0.6 is 0 Å². The van der Waals surface area contributed by atoms with Crippen molar-refractivity contribution >= 4 is 65.0 Å². The first-order valence-corrected chi connectivity index (χ1v) is 18.3. The van der Waals surface area contributed by atoms with Crippen molar-refractivity contribution < 1.29 is 46.2 Å². The molecule has 0 radical (unpaired) electrons. The molecule has 5 rings (SSSR count). The summed E-state index contributed by atoms with van der Waals surface area (Å²) in [6.07, 6.45) is 0. The number of nitrogens with one attached hydrogen (secondary N) is 1. The summed E-state index contributed by atoms with van der Waals surface area (Å²) in [7, 11) is -6.16. The molecule has 272 valence electrons. The minimum Gasteiger partial charge on any atom is -0.505 e. The number of azo groups is 2. The van der Waals surface area contributed by atoms with Crippen LogP contribution in [0.2, 0.25) is 0 Å². The summed E-state index contributed by atoms with van der Waals surface area (Å²) in [4.78, 5) is -0.746. The van der Waals surface area contributed by atoms with Crippen LogP contribution in [0.4, 0.5) is 34.1 Å². The van der Waals surface area contributed by atoms with E-state index < -0.39 is 49.7 Å². The molecule has 0 fully saturated rings. The largest absolute Gasteiger partial charge is 0.505 e. The minimum atomic E-state index is -4.89. The Hall–Kier alpha value is -5.50. The highest BCUT2D eigenvalue weighted by atomic mass is 32.2. The zero-order chi connectivity index (χ0) is 37.5. The maximum absolute atomic E-state index is 12.9. The molecule has 0 unspecified atom stereocenters. The fourth-order valence-corrected chi connectivity index (χ4v) is 7.14. The van der Waals surface area contributed by atoms with E-state index in [9.17, 15) is 36.7 Å². The van der Waals surface area contributed by atoms with E-state index in [2.05, 4.69) is 25.8 Å². The summed E-state index contributed by atoms with van der Waals surface area (Å²) < 4.78 is 72.6. The van der Waals surface area contributed by atoms with E-state index in [1.807, 2.05) is 30.3 Å². The number of aliphatic hydroxyl groups is 2. The topological polar surface area (TPSA) is 232 Å². The zero-order valence-corrected chi connectivity index (χ0v) is 29.4. The van der Waals surface area contributed by atoms with Crippen molar-refractivity contribution in [1.82, 2.24) is 4.31 Å². The SMILES string of the molecule is COc1cc(N=Nc2c(S(=O)(=O)O)cc3cc(Nc4ccccc4)ccc3c2O)c(OC)cc1N=Nc1ccc(S(=O)(=O)N(CCO)CCO)cc1. The number of aromatic hydroxyl groups is 1. The number of phenols is 1. The van der Waals surface area contributed by atoms with Gasteiger partial charge < -0.3 is 30.1 Å². The number of rotatable bonds is 15. The highest BCUT2D eigenvalue weighted by molar-refractivity contribution is 7.89. The number of hydrogen-bond acceptors (Lipinski definition) is 14. The highest BCUT2D eigenvalue weighted by Gasteiger charge is 2.24. The molecular formula is C34H34N6O10S2. The van der Waals surface area contributed by atoms with Gasteiger partial charge >= 0.3 is 0 Å². The molecular weight excluding hydrogens is 717 g/mol. The standard InChI is InChI=1S/C34H34N6O10S2/c1-49-30-21-29(31(50-2)20-28(30)37-36-24-8-11-26(12-9-24)51(44,45)40(14-16-41)15-17-42)38-39-33-32(52(46,47)48)19-22-18-25(10-13-27(22)34(33)43)35-23-6-4-3-5-7-23/h3-13,18-21,35,41-43H,14-17H2,1-2H3,(H,46,47,48). The molecule has 0 amide bonds. The van der Waals surface area contributed by atoms with Crippen molar-refractivity contribution in [3.8, 4) is 17.2 Å². The number of aliphatic hydroxyl groups excluding tert-OH is 2. The second-order valence-corrected chi connectivity index (χ2v) is 14.2. The molecule has 0 saturated carbocycles. The van der Waals surface area contributed by atoms with Crippen molar-refractivity contribution in [2.24, 2.45) is 20.5 Å². The monoisotopic (exact) mass is 750 g/mol. The molecule has 0 spiro atoms. The fraction of sp³-hybridized carbons (Fsp3) is 0.176. The van der Waals surface area contributed by atoms with Gasteiger partial charge in [-0.2, -0.15) is 17.8 Å². The van der Waals surface area contributed by atoms with Crippen molar-refractivity contribution in [3.05, 3.63) is 91.0 Å². The van der Waals surface area contributed by atoms with Crippen molar-refractivity contribution in [1.29, 1.82) is 0 Å². The highest BCUT2D eigenvalue weighted by Crippen LogP contribution is 2.45. The Kier molecular flexibility index (Phi) is 11.8. The van der Waals surface area contributed by atoms with E-state index in [0.29, 0.717) is 11.1 Å². The molecule has 0 aliphatic heterocycles. The fourth-order valence-electron chi connectivity index (χ4n) is 5.06. The van der Waals surface area contributed by atoms with Gasteiger partial charge in [0.2, 0.25) is 10.0 Å². The van der Waals surface area contributed by atoms with Gasteiger partial charge in [-0.25, -0.2) is 8.42 Å². The Bertz CT molecular complexity index is 2330. The number of anilines is 2. The lowest BCUT2D eigenvalue weighted by atomic mass is 10.1. The van der Waals surface area contributed by atoms with Crippen LogP contribution in [0.3, 0.4) is 0 Å². The van der Waals surface area contributed by atoms with E-state index in [1.54, 1.807) is 18.2 Å². The summed E-state index contributed by atoms with van der Waals surface area (Å²) in [5, 5.41) is 49.8. The van der Waals surface area contributed by atoms with Crippen molar-refractivity contribution in [2.45, 2.75) is 9.79 Å². The van der Waals surface area contributed by atoms with Gasteiger partial charge in [0.1, 0.15) is 33.5 Å². The lowest BCUT2D eigenvalue weighted by Crippen LogP contribution is -2.35. The van der Waals surface area contributed by atoms with E-state index in [-0.39, 0.29) is 51.9 Å². The number of phenolic OH excluding ortho intramolecular Hbond substituents is 1. The Balaban J connectivity index is 1.45. The van der Waals surface area contributed by atoms with Gasteiger partial charge in [0.25, 0.3) is 10.1 Å². The number of benzene rings is 5. The maximum Gasteiger partial charge on any atom is 0.296 e. The number of hydrogen-bond donors (Lipinski definition) is 5. The Labute approximate surface area is 299 Å². The number of para-hydroxylation sites is 1. The molecule has 0 bridgehead atoms. The van der Waals surface area contributed by atoms with Crippen LogP contribution in [0.15, 0.2) is 121 Å². The Morgan fingerprint density at radius 2 is 1.31 bits per heavy atom. The molecule has 5 aromatic carbocycles. The van der Waals surface area contributed by atoms with Crippen LogP contribution in [0, 0.1) is 0 Å². The van der Waals surface area contributed by atoms with Crippen LogP contribution in [0.1, 0.15) is 0 Å². The van der Waals surface area contributed by atoms with Gasteiger partial charge in [0, 0.05) is 42.0 Å². The maximum atomic E-state index is 12.9. The smallest absolute Gasteiger partial charge is 0.296 e. The van der Waals surface area contributed by atoms with Crippen molar-refractivity contribution in [3.63, 3.8) is 0 Å². The van der Waals surface area contributed by atoms with Gasteiger partial charge in [0.05, 0.1) is 38.0 Å². The molecule has 0 heterocycles. The molecule has 52 heavy (non-hydrogen) atoms. The lowest BCUT2D eigenvalue weighted by molar-refractivity contribution is 0.217. The number of fused-ring (bicyclic) bond motifs is 1. The van der Waals surface area contributed by atoms with Gasteiger partial charge in [-0.1, -0.05) is 18.2 Å². The summed E-state index contributed by atoms with van der Waals surface area (Å²) in [5.74, 6) is -0.277. The predicted octanol–water partition coefficient (Wildman–Crippen LogP) is 6.36. The second kappa shape index (κ2) is 16.2. The molecule has 0 atom stereocenters. The molecule has 5 aromatic rings. The average Bonchev–Trinajstić information content (AvgIpc) is 3.13. The summed E-state index contributed by atoms with van der Waals surface area (Å²) in [6, 6.07) is 23.6. The van der Waals surface area contributed by atoms with Gasteiger partial charge in [-0.05, 0) is 66.0 Å². The van der Waals surface area contributed by atoms with E-state index in [0.717, 1.165) is 9.99 Å². The first-order valence-electron chi connectivity index (χ1n) is 15.4. The second-order valence-electron chi connectivity index (χ2n) is 10.9. The Morgan fingerprint density at radius 3 is 1.87 bits per heavy atom. The van der Waals surface area contributed by atoms with Gasteiger partial charge in [-0.3, -0.25) is 4.55 Å². The number of methoxy groups -OCH3 is 2. The number of ether oxygens (including phenoxy) is 2. The molecule has 0 aliphatic carbocycles. The average molecular weight is 751 g/mol. The van der Waals surface area contributed by atoms with Crippen molar-refractivity contribution in [2.75, 3.05) is 45.8 Å². The molecule has 0 aromatic heterocycles. The van der Waals surface area contributed by atoms with Crippen LogP contribution in [-0.2, 0) is 20.1 Å². The van der Waals surface area contributed by atoms with Gasteiger partial charge in [0.15, 0.2) is 5.75 Å². The first-order chi connectivity index (χ1) is 24.9. The third kappa shape index (κ3) is 8.51. The minimum absolute atomic E-state index is 0.0476. The number of nitrogens with zero attached hydrogens (tertiary/aromatic N) is 5. The zero-order valence-electron chi connectivity index (χ0n) is 27.8. The number of sulfonamides is 1. The molecule has 16 nitrogen and oxygen atoms in total. The summed E-state index contributed by atoms with van der Waals surface area (Å²) in [5.41, 5.74) is 1.39. The molecule has 18 heteroatoms. The van der Waals surface area contributed by atoms with E-state index in [4.69, 9.17) is 9.47 Å². The lowest BCUT2D eigenvalue weighted by Gasteiger charge is -2.20. The van der Waals surface area contributed by atoms with Crippen LogP contribution in [-0.4, -0.2) is 81.5 Å². The first kappa shape index (κ1) is 37.7. The predicted molar refractivity (Wildman–Crippen MR) is 192 cm³/mol.